The molecule has 0 spiro atoms. The van der Waals surface area contributed by atoms with Crippen LogP contribution in [0, 0.1) is 6.92 Å². The van der Waals surface area contributed by atoms with Gasteiger partial charge in [-0.1, -0.05) is 0 Å². The highest BCUT2D eigenvalue weighted by molar-refractivity contribution is 5.22. The van der Waals surface area contributed by atoms with Crippen LogP contribution in [-0.4, -0.2) is 34.2 Å². The number of ether oxygens (including phenoxy) is 1. The summed E-state index contributed by atoms with van der Waals surface area (Å²) in [5, 5.41) is 0. The van der Waals surface area contributed by atoms with Crippen molar-refractivity contribution in [1.82, 2.24) is 14.5 Å². The van der Waals surface area contributed by atoms with Gasteiger partial charge in [-0.3, -0.25) is 4.90 Å². The lowest BCUT2D eigenvalue weighted by molar-refractivity contribution is 0.0996. The fraction of sp³-hybridized carbons (Fsp3) is 0.562. The third kappa shape index (κ3) is 3.04. The lowest BCUT2D eigenvalue weighted by Crippen LogP contribution is -2.35. The van der Waals surface area contributed by atoms with Crippen LogP contribution in [0.4, 0.5) is 0 Å². The van der Waals surface area contributed by atoms with Crippen LogP contribution in [0.3, 0.4) is 0 Å². The number of hydrogen-bond acceptors (Lipinski definition) is 4. The molecule has 1 aliphatic rings. The number of imidazole rings is 1. The molecule has 0 radical (unpaired) electrons. The van der Waals surface area contributed by atoms with Crippen LogP contribution < -0.4 is 0 Å². The normalized spacial score (nSPS) is 18.9. The molecule has 0 N–H and O–H groups in total. The van der Waals surface area contributed by atoms with E-state index in [1.165, 1.54) is 5.69 Å². The summed E-state index contributed by atoms with van der Waals surface area (Å²) in [6.45, 7) is 8.19. The molecule has 0 bridgehead atoms. The Bertz CT molecular complexity index is 602. The fourth-order valence-corrected chi connectivity index (χ4v) is 3.11. The Kier molecular flexibility index (Phi) is 4.12. The maximum Gasteiger partial charge on any atom is 0.118 e. The van der Waals surface area contributed by atoms with E-state index in [9.17, 15) is 0 Å². The highest BCUT2D eigenvalue weighted by atomic mass is 16.5. The van der Waals surface area contributed by atoms with Crippen molar-refractivity contribution in [2.45, 2.75) is 32.9 Å². The summed E-state index contributed by atoms with van der Waals surface area (Å²) < 4.78 is 13.5. The summed E-state index contributed by atoms with van der Waals surface area (Å²) in [4.78, 5) is 6.93. The molecule has 3 heterocycles. The van der Waals surface area contributed by atoms with E-state index in [-0.39, 0.29) is 0 Å². The van der Waals surface area contributed by atoms with Crippen molar-refractivity contribution < 1.29 is 9.15 Å². The first kappa shape index (κ1) is 14.4. The molecular formula is C16H23N3O2. The summed E-state index contributed by atoms with van der Waals surface area (Å²) >= 11 is 0. The first-order valence-corrected chi connectivity index (χ1v) is 7.53. The van der Waals surface area contributed by atoms with Crippen LogP contribution in [0.15, 0.2) is 22.9 Å². The van der Waals surface area contributed by atoms with Gasteiger partial charge in [0.05, 0.1) is 25.2 Å². The molecule has 2 aromatic rings. The Hall–Kier alpha value is -1.59. The minimum Gasteiger partial charge on any atom is -0.465 e. The largest absolute Gasteiger partial charge is 0.465 e. The van der Waals surface area contributed by atoms with Gasteiger partial charge < -0.3 is 13.7 Å². The third-order valence-electron chi connectivity index (χ3n) is 4.00. The average Bonchev–Trinajstić information content (AvgIpc) is 3.03. The number of aromatic nitrogens is 2. The molecule has 1 atom stereocenters. The Morgan fingerprint density at radius 1 is 1.43 bits per heavy atom. The van der Waals surface area contributed by atoms with Gasteiger partial charge in [0.1, 0.15) is 11.5 Å². The number of fused-ring (bicyclic) bond motifs is 1. The van der Waals surface area contributed by atoms with Gasteiger partial charge in [0, 0.05) is 38.4 Å². The molecule has 114 valence electrons. The van der Waals surface area contributed by atoms with Crippen LogP contribution >= 0.6 is 0 Å². The first-order chi connectivity index (χ1) is 10.2. The monoisotopic (exact) mass is 289 g/mol. The molecule has 5 heteroatoms. The highest BCUT2D eigenvalue weighted by Crippen LogP contribution is 2.28. The van der Waals surface area contributed by atoms with E-state index < -0.39 is 0 Å². The first-order valence-electron chi connectivity index (χ1n) is 7.53. The molecule has 0 saturated carbocycles. The van der Waals surface area contributed by atoms with Crippen molar-refractivity contribution in [2.24, 2.45) is 7.05 Å². The van der Waals surface area contributed by atoms with E-state index in [1.807, 2.05) is 26.2 Å². The van der Waals surface area contributed by atoms with Gasteiger partial charge in [-0.05, 0) is 26.0 Å². The predicted octanol–water partition coefficient (Wildman–Crippen LogP) is 2.46. The van der Waals surface area contributed by atoms with Gasteiger partial charge in [0.2, 0.25) is 0 Å². The molecule has 1 aliphatic heterocycles. The van der Waals surface area contributed by atoms with E-state index in [0.717, 1.165) is 50.1 Å². The molecule has 2 aromatic heterocycles. The van der Waals surface area contributed by atoms with Crippen molar-refractivity contribution in [3.8, 4) is 0 Å². The number of furan rings is 1. The standard InChI is InChI=1S/C16H23N3O2/c1-4-20-10-13-7-19(8-14-6-5-12(2)21-14)9-15-16(13)18(3)11-17-15/h5-6,11,13H,4,7-10H2,1-3H3/t13-/m0/s1. The van der Waals surface area contributed by atoms with Crippen molar-refractivity contribution in [2.75, 3.05) is 19.8 Å². The van der Waals surface area contributed by atoms with Crippen molar-refractivity contribution in [3.05, 3.63) is 41.4 Å². The van der Waals surface area contributed by atoms with E-state index >= 15 is 0 Å². The van der Waals surface area contributed by atoms with Crippen molar-refractivity contribution in [1.29, 1.82) is 0 Å². The minimum atomic E-state index is 0.372. The van der Waals surface area contributed by atoms with Crippen LogP contribution in [0.2, 0.25) is 0 Å². The van der Waals surface area contributed by atoms with Crippen LogP contribution in [0.5, 0.6) is 0 Å². The Balaban J connectivity index is 1.76. The number of nitrogens with zero attached hydrogens (tertiary/aromatic N) is 3. The van der Waals surface area contributed by atoms with E-state index in [1.54, 1.807) is 0 Å². The zero-order valence-electron chi connectivity index (χ0n) is 13.0. The smallest absolute Gasteiger partial charge is 0.118 e. The van der Waals surface area contributed by atoms with Gasteiger partial charge in [-0.15, -0.1) is 0 Å². The molecule has 0 saturated heterocycles. The maximum absolute atomic E-state index is 5.70. The van der Waals surface area contributed by atoms with Crippen LogP contribution in [0.25, 0.3) is 0 Å². The predicted molar refractivity (Wildman–Crippen MR) is 80.0 cm³/mol. The summed E-state index contributed by atoms with van der Waals surface area (Å²) in [5.74, 6) is 2.35. The van der Waals surface area contributed by atoms with Gasteiger partial charge in [-0.2, -0.15) is 0 Å². The van der Waals surface area contributed by atoms with E-state index in [0.29, 0.717) is 5.92 Å². The zero-order valence-corrected chi connectivity index (χ0v) is 13.0. The van der Waals surface area contributed by atoms with Crippen LogP contribution in [0.1, 0.15) is 35.7 Å². The Labute approximate surface area is 125 Å². The number of hydrogen-bond donors (Lipinski definition) is 0. The number of aryl methyl sites for hydroxylation is 2. The van der Waals surface area contributed by atoms with Gasteiger partial charge in [0.25, 0.3) is 0 Å². The molecule has 0 aromatic carbocycles. The summed E-state index contributed by atoms with van der Waals surface area (Å²) in [7, 11) is 2.07. The SMILES string of the molecule is CCOC[C@@H]1CN(Cc2ccc(C)o2)Cc2ncn(C)c21. The molecule has 0 aliphatic carbocycles. The molecule has 0 unspecified atom stereocenters. The lowest BCUT2D eigenvalue weighted by atomic mass is 9.99. The molecule has 0 fully saturated rings. The molecule has 0 amide bonds. The summed E-state index contributed by atoms with van der Waals surface area (Å²) in [5.41, 5.74) is 2.48. The second-order valence-electron chi connectivity index (χ2n) is 5.73. The summed E-state index contributed by atoms with van der Waals surface area (Å²) in [6, 6.07) is 4.07. The molecule has 3 rings (SSSR count). The maximum atomic E-state index is 5.70. The minimum absolute atomic E-state index is 0.372. The van der Waals surface area contributed by atoms with E-state index in [2.05, 4.69) is 27.6 Å². The molecule has 21 heavy (non-hydrogen) atoms. The number of rotatable bonds is 5. The quantitative estimate of drug-likeness (QED) is 0.848. The highest BCUT2D eigenvalue weighted by Gasteiger charge is 2.29. The second kappa shape index (κ2) is 6.03. The molecule has 5 nitrogen and oxygen atoms in total. The van der Waals surface area contributed by atoms with Gasteiger partial charge >= 0.3 is 0 Å². The molecular weight excluding hydrogens is 266 g/mol. The topological polar surface area (TPSA) is 43.4 Å². The fourth-order valence-electron chi connectivity index (χ4n) is 3.11. The summed E-state index contributed by atoms with van der Waals surface area (Å²) in [6.07, 6.45) is 1.91. The zero-order chi connectivity index (χ0) is 14.8. The Morgan fingerprint density at radius 3 is 3.00 bits per heavy atom. The van der Waals surface area contributed by atoms with Crippen molar-refractivity contribution >= 4 is 0 Å². The van der Waals surface area contributed by atoms with E-state index in [4.69, 9.17) is 9.15 Å². The Morgan fingerprint density at radius 2 is 2.29 bits per heavy atom. The van der Waals surface area contributed by atoms with Crippen LogP contribution in [-0.2, 0) is 24.9 Å². The van der Waals surface area contributed by atoms with Crippen molar-refractivity contribution in [3.63, 3.8) is 0 Å². The second-order valence-corrected chi connectivity index (χ2v) is 5.73. The van der Waals surface area contributed by atoms with Gasteiger partial charge in [0.15, 0.2) is 0 Å². The lowest BCUT2D eigenvalue weighted by Gasteiger charge is -2.32. The average molecular weight is 289 g/mol. The third-order valence-corrected chi connectivity index (χ3v) is 4.00. The van der Waals surface area contributed by atoms with Gasteiger partial charge in [-0.25, -0.2) is 4.98 Å².